The Morgan fingerprint density at radius 3 is 2.62 bits per heavy atom. The van der Waals surface area contributed by atoms with Crippen LogP contribution in [0.3, 0.4) is 0 Å². The van der Waals surface area contributed by atoms with Crippen molar-refractivity contribution in [1.82, 2.24) is 9.78 Å². The van der Waals surface area contributed by atoms with Crippen molar-refractivity contribution in [2.45, 2.75) is 26.8 Å². The number of aromatic nitrogens is 2. The van der Waals surface area contributed by atoms with Crippen LogP contribution in [-0.4, -0.2) is 9.78 Å². The molecule has 2 N–H and O–H groups in total. The van der Waals surface area contributed by atoms with E-state index in [-0.39, 0.29) is 6.04 Å². The summed E-state index contributed by atoms with van der Waals surface area (Å²) in [6, 6.07) is 1.97. The Morgan fingerprint density at radius 1 is 1.62 bits per heavy atom. The van der Waals surface area contributed by atoms with E-state index in [2.05, 4.69) is 5.10 Å². The number of allylic oxidation sites excluding steroid dienone is 1. The van der Waals surface area contributed by atoms with Crippen molar-refractivity contribution in [2.24, 2.45) is 12.8 Å². The third kappa shape index (κ3) is 2.42. The summed E-state index contributed by atoms with van der Waals surface area (Å²) >= 11 is 0. The van der Waals surface area contributed by atoms with Gasteiger partial charge >= 0.3 is 0 Å². The smallest absolute Gasteiger partial charge is 0.0655 e. The highest BCUT2D eigenvalue weighted by molar-refractivity contribution is 5.18. The molecule has 0 aliphatic heterocycles. The van der Waals surface area contributed by atoms with E-state index < -0.39 is 0 Å². The molecule has 1 rings (SSSR count). The predicted molar refractivity (Wildman–Crippen MR) is 54.3 cm³/mol. The SMILES string of the molecule is CC(C)=CC(N)c1cc(C)nn1C. The third-order valence-corrected chi connectivity index (χ3v) is 1.89. The van der Waals surface area contributed by atoms with Gasteiger partial charge in [0.05, 0.1) is 17.4 Å². The van der Waals surface area contributed by atoms with Gasteiger partial charge in [0, 0.05) is 7.05 Å². The zero-order chi connectivity index (χ0) is 10.0. The maximum Gasteiger partial charge on any atom is 0.0655 e. The predicted octanol–water partition coefficient (Wildman–Crippen LogP) is 1.69. The normalized spacial score (nSPS) is 12.7. The Morgan fingerprint density at radius 2 is 2.23 bits per heavy atom. The molecular formula is C10H17N3. The molecule has 1 unspecified atom stereocenters. The first kappa shape index (κ1) is 9.99. The van der Waals surface area contributed by atoms with Gasteiger partial charge in [-0.05, 0) is 26.8 Å². The fourth-order valence-electron chi connectivity index (χ4n) is 1.39. The van der Waals surface area contributed by atoms with E-state index in [0.29, 0.717) is 0 Å². The fourth-order valence-corrected chi connectivity index (χ4v) is 1.39. The van der Waals surface area contributed by atoms with E-state index in [9.17, 15) is 0 Å². The number of nitrogens with zero attached hydrogens (tertiary/aromatic N) is 2. The lowest BCUT2D eigenvalue weighted by Crippen LogP contribution is -2.12. The molecule has 0 saturated carbocycles. The molecule has 13 heavy (non-hydrogen) atoms. The largest absolute Gasteiger partial charge is 0.319 e. The van der Waals surface area contributed by atoms with E-state index in [1.165, 1.54) is 5.57 Å². The zero-order valence-electron chi connectivity index (χ0n) is 8.70. The lowest BCUT2D eigenvalue weighted by atomic mass is 10.1. The summed E-state index contributed by atoms with van der Waals surface area (Å²) in [5.41, 5.74) is 9.26. The van der Waals surface area contributed by atoms with Crippen LogP contribution in [0.4, 0.5) is 0 Å². The second-order valence-electron chi connectivity index (χ2n) is 3.60. The highest BCUT2D eigenvalue weighted by Crippen LogP contribution is 2.13. The van der Waals surface area contributed by atoms with Gasteiger partial charge in [0.15, 0.2) is 0 Å². The molecule has 1 aromatic rings. The van der Waals surface area contributed by atoms with Crippen LogP contribution in [0.1, 0.15) is 31.3 Å². The van der Waals surface area contributed by atoms with Crippen LogP contribution >= 0.6 is 0 Å². The van der Waals surface area contributed by atoms with Gasteiger partial charge in [-0.15, -0.1) is 0 Å². The molecule has 0 aliphatic carbocycles. The molecule has 1 atom stereocenters. The highest BCUT2D eigenvalue weighted by atomic mass is 15.3. The van der Waals surface area contributed by atoms with Crippen molar-refractivity contribution < 1.29 is 0 Å². The summed E-state index contributed by atoms with van der Waals surface area (Å²) in [6.07, 6.45) is 2.04. The quantitative estimate of drug-likeness (QED) is 0.702. The molecule has 0 amide bonds. The van der Waals surface area contributed by atoms with Crippen molar-refractivity contribution in [3.05, 3.63) is 29.1 Å². The molecule has 72 valence electrons. The van der Waals surface area contributed by atoms with Gasteiger partial charge < -0.3 is 5.73 Å². The van der Waals surface area contributed by atoms with Crippen molar-refractivity contribution in [3.8, 4) is 0 Å². The lowest BCUT2D eigenvalue weighted by Gasteiger charge is -2.07. The van der Waals surface area contributed by atoms with Gasteiger partial charge in [0.2, 0.25) is 0 Å². The molecule has 3 heteroatoms. The van der Waals surface area contributed by atoms with Gasteiger partial charge in [-0.1, -0.05) is 11.6 Å². The van der Waals surface area contributed by atoms with Crippen LogP contribution in [0, 0.1) is 6.92 Å². The maximum absolute atomic E-state index is 5.97. The Hall–Kier alpha value is -1.09. The molecule has 0 spiro atoms. The number of nitrogens with two attached hydrogens (primary N) is 1. The standard InChI is InChI=1S/C10H17N3/c1-7(2)5-9(11)10-6-8(3)12-13(10)4/h5-6,9H,11H2,1-4H3. The second kappa shape index (κ2) is 3.75. The minimum absolute atomic E-state index is 0.0452. The van der Waals surface area contributed by atoms with Gasteiger partial charge in [-0.2, -0.15) is 5.10 Å². The maximum atomic E-state index is 5.97. The van der Waals surface area contributed by atoms with Crippen molar-refractivity contribution in [3.63, 3.8) is 0 Å². The molecule has 0 aliphatic rings. The second-order valence-corrected chi connectivity index (χ2v) is 3.60. The van der Waals surface area contributed by atoms with E-state index >= 15 is 0 Å². The van der Waals surface area contributed by atoms with Gasteiger partial charge in [0.25, 0.3) is 0 Å². The average molecular weight is 179 g/mol. The van der Waals surface area contributed by atoms with E-state index in [4.69, 9.17) is 5.73 Å². The Balaban J connectivity index is 2.94. The molecule has 0 radical (unpaired) electrons. The monoisotopic (exact) mass is 179 g/mol. The Kier molecular flexibility index (Phi) is 2.88. The van der Waals surface area contributed by atoms with Crippen LogP contribution in [-0.2, 0) is 7.05 Å². The van der Waals surface area contributed by atoms with E-state index in [1.54, 1.807) is 0 Å². The van der Waals surface area contributed by atoms with Crippen LogP contribution in [0.2, 0.25) is 0 Å². The van der Waals surface area contributed by atoms with Gasteiger partial charge in [-0.3, -0.25) is 4.68 Å². The van der Waals surface area contributed by atoms with Gasteiger partial charge in [0.1, 0.15) is 0 Å². The number of hydrogen-bond acceptors (Lipinski definition) is 2. The Labute approximate surface area is 79.2 Å². The number of hydrogen-bond donors (Lipinski definition) is 1. The molecule has 0 bridgehead atoms. The first-order valence-corrected chi connectivity index (χ1v) is 4.42. The first-order valence-electron chi connectivity index (χ1n) is 4.42. The highest BCUT2D eigenvalue weighted by Gasteiger charge is 2.08. The molecule has 1 aromatic heterocycles. The minimum atomic E-state index is -0.0452. The molecule has 1 heterocycles. The number of rotatable bonds is 2. The Bertz CT molecular complexity index is 319. The first-order chi connectivity index (χ1) is 6.00. The molecule has 3 nitrogen and oxygen atoms in total. The number of aryl methyl sites for hydroxylation is 2. The summed E-state index contributed by atoms with van der Waals surface area (Å²) in [5, 5.41) is 4.25. The van der Waals surface area contributed by atoms with Gasteiger partial charge in [-0.25, -0.2) is 0 Å². The molecule has 0 fully saturated rings. The third-order valence-electron chi connectivity index (χ3n) is 1.89. The molecule has 0 saturated heterocycles. The van der Waals surface area contributed by atoms with E-state index in [1.807, 2.05) is 44.6 Å². The summed E-state index contributed by atoms with van der Waals surface area (Å²) in [7, 11) is 1.92. The molecule has 0 aromatic carbocycles. The van der Waals surface area contributed by atoms with Crippen molar-refractivity contribution in [2.75, 3.05) is 0 Å². The zero-order valence-corrected chi connectivity index (χ0v) is 8.70. The van der Waals surface area contributed by atoms with Crippen molar-refractivity contribution in [1.29, 1.82) is 0 Å². The fraction of sp³-hybridized carbons (Fsp3) is 0.500. The summed E-state index contributed by atoms with van der Waals surface area (Å²) in [6.45, 7) is 6.06. The van der Waals surface area contributed by atoms with E-state index in [0.717, 1.165) is 11.4 Å². The van der Waals surface area contributed by atoms with Crippen LogP contribution < -0.4 is 5.73 Å². The van der Waals surface area contributed by atoms with Crippen LogP contribution in [0.5, 0.6) is 0 Å². The summed E-state index contributed by atoms with van der Waals surface area (Å²) in [5.74, 6) is 0. The lowest BCUT2D eigenvalue weighted by molar-refractivity contribution is 0.676. The summed E-state index contributed by atoms with van der Waals surface area (Å²) in [4.78, 5) is 0. The topological polar surface area (TPSA) is 43.8 Å². The van der Waals surface area contributed by atoms with Crippen LogP contribution in [0.15, 0.2) is 17.7 Å². The average Bonchev–Trinajstić information content (AvgIpc) is 2.28. The summed E-state index contributed by atoms with van der Waals surface area (Å²) < 4.78 is 1.83. The van der Waals surface area contributed by atoms with Crippen molar-refractivity contribution >= 4 is 0 Å². The van der Waals surface area contributed by atoms with Crippen LogP contribution in [0.25, 0.3) is 0 Å². The molecular weight excluding hydrogens is 162 g/mol. The minimum Gasteiger partial charge on any atom is -0.319 e.